The van der Waals surface area contributed by atoms with Crippen LogP contribution in [0.2, 0.25) is 4.34 Å². The monoisotopic (exact) mass is 379 g/mol. The number of para-hydroxylation sites is 1. The van der Waals surface area contributed by atoms with Gasteiger partial charge in [0.15, 0.2) is 11.5 Å². The zero-order chi connectivity index (χ0) is 17.6. The van der Waals surface area contributed by atoms with Gasteiger partial charge in [0, 0.05) is 28.9 Å². The standard InChI is InChI=1S/C19H22ClNO3S/c1-11-9-19(18-12(6-7-24-19)8-16(20)25-18)10-14(21-11)13-4-3-5-15(23-2)17(13)22/h3-5,8,11,14,21-22H,6-7,9-10H2,1-2H3. The molecule has 0 amide bonds. The second-order valence-electron chi connectivity index (χ2n) is 6.92. The third-order valence-corrected chi connectivity index (χ3v) is 6.72. The number of thiophene rings is 1. The molecule has 2 N–H and O–H groups in total. The van der Waals surface area contributed by atoms with E-state index in [-0.39, 0.29) is 23.4 Å². The number of phenols is 1. The first-order valence-corrected chi connectivity index (χ1v) is 9.76. The van der Waals surface area contributed by atoms with Crippen molar-refractivity contribution >= 4 is 22.9 Å². The van der Waals surface area contributed by atoms with Crippen LogP contribution >= 0.6 is 22.9 Å². The number of aromatic hydroxyl groups is 1. The summed E-state index contributed by atoms with van der Waals surface area (Å²) in [5, 5.41) is 14.2. The Labute approximate surface area is 156 Å². The lowest BCUT2D eigenvalue weighted by molar-refractivity contribution is -0.0955. The Morgan fingerprint density at radius 1 is 1.40 bits per heavy atom. The number of phenolic OH excluding ortho intramolecular Hbond substituents is 1. The summed E-state index contributed by atoms with van der Waals surface area (Å²) in [6, 6.07) is 7.97. The fourth-order valence-corrected chi connectivity index (χ4v) is 5.71. The van der Waals surface area contributed by atoms with Crippen molar-refractivity contribution in [2.75, 3.05) is 13.7 Å². The Kier molecular flexibility index (Phi) is 4.44. The molecule has 0 saturated carbocycles. The number of nitrogens with one attached hydrogen (secondary N) is 1. The molecule has 6 heteroatoms. The number of benzene rings is 1. The maximum atomic E-state index is 10.6. The summed E-state index contributed by atoms with van der Waals surface area (Å²) in [6.07, 6.45) is 2.58. The van der Waals surface area contributed by atoms with Gasteiger partial charge < -0.3 is 19.9 Å². The molecule has 4 rings (SSSR count). The SMILES string of the molecule is COc1cccc(C2CC3(CC(C)N2)OCCc2cc(Cl)sc23)c1O. The molecule has 134 valence electrons. The lowest BCUT2D eigenvalue weighted by atomic mass is 9.78. The predicted octanol–water partition coefficient (Wildman–Crippen LogP) is 4.40. The maximum Gasteiger partial charge on any atom is 0.162 e. The van der Waals surface area contributed by atoms with Crippen molar-refractivity contribution in [3.05, 3.63) is 44.6 Å². The van der Waals surface area contributed by atoms with Crippen molar-refractivity contribution in [2.24, 2.45) is 0 Å². The minimum Gasteiger partial charge on any atom is -0.504 e. The number of piperidine rings is 1. The van der Waals surface area contributed by atoms with Gasteiger partial charge in [-0.25, -0.2) is 0 Å². The van der Waals surface area contributed by atoms with Crippen LogP contribution in [0.15, 0.2) is 24.3 Å². The normalized spacial score (nSPS) is 28.8. The molecule has 4 nitrogen and oxygen atoms in total. The summed E-state index contributed by atoms with van der Waals surface area (Å²) in [4.78, 5) is 1.25. The van der Waals surface area contributed by atoms with E-state index in [2.05, 4.69) is 18.3 Å². The summed E-state index contributed by atoms with van der Waals surface area (Å²) in [7, 11) is 1.57. The molecule has 3 atom stereocenters. The van der Waals surface area contributed by atoms with E-state index < -0.39 is 0 Å². The van der Waals surface area contributed by atoms with Gasteiger partial charge >= 0.3 is 0 Å². The van der Waals surface area contributed by atoms with Gasteiger partial charge in [0.05, 0.1) is 18.1 Å². The average molecular weight is 380 g/mol. The number of hydrogen-bond donors (Lipinski definition) is 2. The first-order chi connectivity index (χ1) is 12.0. The van der Waals surface area contributed by atoms with Crippen LogP contribution in [0.3, 0.4) is 0 Å². The van der Waals surface area contributed by atoms with E-state index in [0.717, 1.165) is 29.2 Å². The van der Waals surface area contributed by atoms with Crippen LogP contribution in [0.5, 0.6) is 11.5 Å². The van der Waals surface area contributed by atoms with Gasteiger partial charge in [-0.3, -0.25) is 0 Å². The van der Waals surface area contributed by atoms with E-state index in [1.165, 1.54) is 10.4 Å². The number of ether oxygens (including phenoxy) is 2. The lowest BCUT2D eigenvalue weighted by Gasteiger charge is -2.46. The quantitative estimate of drug-likeness (QED) is 0.812. The van der Waals surface area contributed by atoms with Crippen LogP contribution in [0, 0.1) is 0 Å². The highest BCUT2D eigenvalue weighted by Crippen LogP contribution is 2.51. The molecule has 2 aliphatic rings. The van der Waals surface area contributed by atoms with Gasteiger partial charge in [0.25, 0.3) is 0 Å². The fraction of sp³-hybridized carbons (Fsp3) is 0.474. The molecule has 1 spiro atoms. The molecule has 2 aliphatic heterocycles. The van der Waals surface area contributed by atoms with Gasteiger partial charge in [-0.1, -0.05) is 23.7 Å². The van der Waals surface area contributed by atoms with Gasteiger partial charge in [0.2, 0.25) is 0 Å². The average Bonchev–Trinajstić information content (AvgIpc) is 2.97. The van der Waals surface area contributed by atoms with Gasteiger partial charge in [-0.05, 0) is 37.5 Å². The minimum absolute atomic E-state index is 0.00863. The Morgan fingerprint density at radius 3 is 3.04 bits per heavy atom. The number of fused-ring (bicyclic) bond motifs is 2. The second kappa shape index (κ2) is 6.47. The molecule has 1 aromatic heterocycles. The van der Waals surface area contributed by atoms with Crippen LogP contribution < -0.4 is 10.1 Å². The molecule has 1 aromatic carbocycles. The van der Waals surface area contributed by atoms with E-state index in [1.807, 2.05) is 12.1 Å². The molecule has 1 saturated heterocycles. The van der Waals surface area contributed by atoms with Gasteiger partial charge in [0.1, 0.15) is 5.60 Å². The summed E-state index contributed by atoms with van der Waals surface area (Å²) < 4.78 is 12.5. The number of rotatable bonds is 2. The molecular formula is C19H22ClNO3S. The lowest BCUT2D eigenvalue weighted by Crippen LogP contribution is -2.49. The van der Waals surface area contributed by atoms with Crippen molar-refractivity contribution in [1.82, 2.24) is 5.32 Å². The summed E-state index contributed by atoms with van der Waals surface area (Å²) >= 11 is 7.93. The first kappa shape index (κ1) is 17.2. The molecule has 0 bridgehead atoms. The first-order valence-electron chi connectivity index (χ1n) is 8.57. The zero-order valence-electron chi connectivity index (χ0n) is 14.3. The van der Waals surface area contributed by atoms with Crippen LogP contribution in [-0.4, -0.2) is 24.9 Å². The fourth-order valence-electron chi connectivity index (χ4n) is 4.25. The van der Waals surface area contributed by atoms with Crippen LogP contribution in [0.1, 0.15) is 41.8 Å². The highest BCUT2D eigenvalue weighted by atomic mass is 35.5. The van der Waals surface area contributed by atoms with E-state index >= 15 is 0 Å². The number of hydrogen-bond acceptors (Lipinski definition) is 5. The van der Waals surface area contributed by atoms with E-state index in [4.69, 9.17) is 21.1 Å². The van der Waals surface area contributed by atoms with Crippen molar-refractivity contribution in [1.29, 1.82) is 0 Å². The summed E-state index contributed by atoms with van der Waals surface area (Å²) in [5.41, 5.74) is 1.82. The topological polar surface area (TPSA) is 50.7 Å². The van der Waals surface area contributed by atoms with Gasteiger partial charge in [-0.15, -0.1) is 11.3 Å². The Morgan fingerprint density at radius 2 is 2.24 bits per heavy atom. The third-order valence-electron chi connectivity index (χ3n) is 5.22. The smallest absolute Gasteiger partial charge is 0.162 e. The maximum absolute atomic E-state index is 10.6. The number of halogens is 1. The molecule has 3 unspecified atom stereocenters. The predicted molar refractivity (Wildman–Crippen MR) is 99.9 cm³/mol. The van der Waals surface area contributed by atoms with E-state index in [1.54, 1.807) is 24.5 Å². The Hall–Kier alpha value is -1.27. The van der Waals surface area contributed by atoms with Crippen LogP contribution in [0.4, 0.5) is 0 Å². The molecule has 25 heavy (non-hydrogen) atoms. The number of methoxy groups -OCH3 is 1. The minimum atomic E-state index is -0.337. The second-order valence-corrected chi connectivity index (χ2v) is 8.61. The Balaban J connectivity index is 1.74. The van der Waals surface area contributed by atoms with Crippen molar-refractivity contribution < 1.29 is 14.6 Å². The van der Waals surface area contributed by atoms with Crippen molar-refractivity contribution in [3.8, 4) is 11.5 Å². The van der Waals surface area contributed by atoms with E-state index in [0.29, 0.717) is 12.4 Å². The van der Waals surface area contributed by atoms with E-state index in [9.17, 15) is 5.11 Å². The van der Waals surface area contributed by atoms with Crippen molar-refractivity contribution in [2.45, 2.75) is 43.9 Å². The molecular weight excluding hydrogens is 358 g/mol. The van der Waals surface area contributed by atoms with Crippen LogP contribution in [-0.2, 0) is 16.8 Å². The highest BCUT2D eigenvalue weighted by molar-refractivity contribution is 7.16. The highest BCUT2D eigenvalue weighted by Gasteiger charge is 2.46. The summed E-state index contributed by atoms with van der Waals surface area (Å²) in [5.74, 6) is 0.697. The van der Waals surface area contributed by atoms with Crippen LogP contribution in [0.25, 0.3) is 0 Å². The molecule has 0 radical (unpaired) electrons. The molecule has 0 aliphatic carbocycles. The third kappa shape index (κ3) is 2.93. The Bertz CT molecular complexity index is 793. The zero-order valence-corrected chi connectivity index (χ0v) is 15.9. The summed E-state index contributed by atoms with van der Waals surface area (Å²) in [6.45, 7) is 2.88. The molecule has 1 fully saturated rings. The largest absolute Gasteiger partial charge is 0.504 e. The van der Waals surface area contributed by atoms with Gasteiger partial charge in [-0.2, -0.15) is 0 Å². The molecule has 3 heterocycles. The molecule has 2 aromatic rings. The van der Waals surface area contributed by atoms with Crippen molar-refractivity contribution in [3.63, 3.8) is 0 Å².